The molecule has 1 atom stereocenters. The van der Waals surface area contributed by atoms with E-state index in [0.29, 0.717) is 23.3 Å². The van der Waals surface area contributed by atoms with Crippen LogP contribution in [0, 0.1) is 0 Å². The van der Waals surface area contributed by atoms with Gasteiger partial charge in [-0.15, -0.1) is 0 Å². The van der Waals surface area contributed by atoms with Crippen molar-refractivity contribution in [1.82, 2.24) is 4.90 Å². The second-order valence-corrected chi connectivity index (χ2v) is 6.46. The molecule has 3 rings (SSSR count). The third-order valence-electron chi connectivity index (χ3n) is 4.41. The Morgan fingerprint density at radius 1 is 1.22 bits per heavy atom. The number of aryl methyl sites for hydroxylation is 1. The molecule has 0 fully saturated rings. The molecular formula is C19H21ClN2O. The van der Waals surface area contributed by atoms with Gasteiger partial charge in [0.05, 0.1) is 17.3 Å². The van der Waals surface area contributed by atoms with Crippen molar-refractivity contribution in [3.8, 4) is 0 Å². The van der Waals surface area contributed by atoms with Gasteiger partial charge in [-0.2, -0.15) is 0 Å². The third kappa shape index (κ3) is 3.74. The highest BCUT2D eigenvalue weighted by Crippen LogP contribution is 2.33. The molecule has 1 aliphatic rings. The standard InChI is InChI=1S/C19H21ClN2O/c1-22(13-19(23)21-17-11-5-4-10-16(17)20)18-12-6-8-14-7-2-3-9-15(14)18/h2-5,7,9-11,18H,6,8,12-13H2,1H3,(H,21,23)/t18-/m0/s1. The summed E-state index contributed by atoms with van der Waals surface area (Å²) in [6.45, 7) is 0.351. The van der Waals surface area contributed by atoms with E-state index < -0.39 is 0 Å². The Bertz CT molecular complexity index is 701. The Labute approximate surface area is 142 Å². The smallest absolute Gasteiger partial charge is 0.238 e. The number of para-hydroxylation sites is 1. The summed E-state index contributed by atoms with van der Waals surface area (Å²) < 4.78 is 0. The van der Waals surface area contributed by atoms with Crippen LogP contribution in [0.5, 0.6) is 0 Å². The van der Waals surface area contributed by atoms with E-state index in [1.165, 1.54) is 11.1 Å². The van der Waals surface area contributed by atoms with E-state index in [9.17, 15) is 4.79 Å². The average Bonchev–Trinajstić information content (AvgIpc) is 2.56. The van der Waals surface area contributed by atoms with Gasteiger partial charge in [-0.1, -0.05) is 48.0 Å². The van der Waals surface area contributed by atoms with Gasteiger partial charge in [0.25, 0.3) is 0 Å². The number of halogens is 1. The summed E-state index contributed by atoms with van der Waals surface area (Å²) in [5, 5.41) is 3.45. The molecule has 1 N–H and O–H groups in total. The Morgan fingerprint density at radius 3 is 2.78 bits per heavy atom. The zero-order chi connectivity index (χ0) is 16.2. The van der Waals surface area contributed by atoms with Crippen molar-refractivity contribution in [3.63, 3.8) is 0 Å². The number of carbonyl (C=O) groups excluding carboxylic acids is 1. The fourth-order valence-electron chi connectivity index (χ4n) is 3.28. The van der Waals surface area contributed by atoms with Crippen LogP contribution in [0.3, 0.4) is 0 Å². The fraction of sp³-hybridized carbons (Fsp3) is 0.316. The van der Waals surface area contributed by atoms with Gasteiger partial charge in [-0.25, -0.2) is 0 Å². The summed E-state index contributed by atoms with van der Waals surface area (Å²) in [5.41, 5.74) is 3.42. The van der Waals surface area contributed by atoms with Crippen LogP contribution in [0.25, 0.3) is 0 Å². The highest BCUT2D eigenvalue weighted by molar-refractivity contribution is 6.33. The van der Waals surface area contributed by atoms with Gasteiger partial charge in [-0.3, -0.25) is 9.69 Å². The lowest BCUT2D eigenvalue weighted by Gasteiger charge is -2.32. The molecular weight excluding hydrogens is 308 g/mol. The topological polar surface area (TPSA) is 32.3 Å². The average molecular weight is 329 g/mol. The van der Waals surface area contributed by atoms with Crippen LogP contribution in [0.4, 0.5) is 5.69 Å². The van der Waals surface area contributed by atoms with Gasteiger partial charge in [-0.05, 0) is 49.6 Å². The van der Waals surface area contributed by atoms with E-state index in [4.69, 9.17) is 11.6 Å². The van der Waals surface area contributed by atoms with E-state index in [2.05, 4.69) is 34.5 Å². The Morgan fingerprint density at radius 2 is 1.96 bits per heavy atom. The fourth-order valence-corrected chi connectivity index (χ4v) is 3.46. The molecule has 0 saturated carbocycles. The largest absolute Gasteiger partial charge is 0.324 e. The van der Waals surface area contributed by atoms with Crippen molar-refractivity contribution < 1.29 is 4.79 Å². The number of likely N-dealkylation sites (N-methyl/N-ethyl adjacent to an activating group) is 1. The molecule has 0 bridgehead atoms. The van der Waals surface area contributed by atoms with Crippen molar-refractivity contribution in [1.29, 1.82) is 0 Å². The van der Waals surface area contributed by atoms with Crippen molar-refractivity contribution in [2.45, 2.75) is 25.3 Å². The van der Waals surface area contributed by atoms with Gasteiger partial charge in [0.1, 0.15) is 0 Å². The van der Waals surface area contributed by atoms with Gasteiger partial charge < -0.3 is 5.32 Å². The number of hydrogen-bond acceptors (Lipinski definition) is 2. The SMILES string of the molecule is CN(CC(=O)Nc1ccccc1Cl)[C@H]1CCCc2ccccc21. The van der Waals surface area contributed by atoms with Crippen molar-refractivity contribution in [3.05, 3.63) is 64.7 Å². The maximum atomic E-state index is 12.3. The first-order chi connectivity index (χ1) is 11.1. The Hall–Kier alpha value is -1.84. The molecule has 2 aromatic rings. The number of carbonyl (C=O) groups is 1. The van der Waals surface area contributed by atoms with Gasteiger partial charge >= 0.3 is 0 Å². The number of benzene rings is 2. The molecule has 23 heavy (non-hydrogen) atoms. The van der Waals surface area contributed by atoms with Crippen LogP contribution in [0.2, 0.25) is 5.02 Å². The molecule has 4 heteroatoms. The Balaban J connectivity index is 1.67. The molecule has 0 heterocycles. The minimum atomic E-state index is -0.0383. The van der Waals surface area contributed by atoms with Crippen LogP contribution >= 0.6 is 11.6 Å². The van der Waals surface area contributed by atoms with E-state index in [0.717, 1.165) is 19.3 Å². The maximum Gasteiger partial charge on any atom is 0.238 e. The first-order valence-corrected chi connectivity index (χ1v) is 8.35. The van der Waals surface area contributed by atoms with Crippen molar-refractivity contribution in [2.24, 2.45) is 0 Å². The molecule has 3 nitrogen and oxygen atoms in total. The zero-order valence-corrected chi connectivity index (χ0v) is 14.0. The summed E-state index contributed by atoms with van der Waals surface area (Å²) in [6.07, 6.45) is 3.39. The number of hydrogen-bond donors (Lipinski definition) is 1. The van der Waals surface area contributed by atoms with Gasteiger partial charge in [0.2, 0.25) is 5.91 Å². The minimum absolute atomic E-state index is 0.0383. The highest BCUT2D eigenvalue weighted by Gasteiger charge is 2.24. The molecule has 0 radical (unpaired) electrons. The summed E-state index contributed by atoms with van der Waals surface area (Å²) in [6, 6.07) is 16.2. The molecule has 120 valence electrons. The molecule has 0 saturated heterocycles. The first-order valence-electron chi connectivity index (χ1n) is 7.97. The van der Waals surface area contributed by atoms with Crippen molar-refractivity contribution in [2.75, 3.05) is 18.9 Å². The third-order valence-corrected chi connectivity index (χ3v) is 4.74. The lowest BCUT2D eigenvalue weighted by Crippen LogP contribution is -2.34. The molecule has 1 aliphatic carbocycles. The van der Waals surface area contributed by atoms with Gasteiger partial charge in [0, 0.05) is 6.04 Å². The summed E-state index contributed by atoms with van der Waals surface area (Å²) in [7, 11) is 2.01. The first kappa shape index (κ1) is 16.0. The monoisotopic (exact) mass is 328 g/mol. The highest BCUT2D eigenvalue weighted by atomic mass is 35.5. The predicted octanol–water partition coefficient (Wildman–Crippen LogP) is 4.29. The minimum Gasteiger partial charge on any atom is -0.324 e. The van der Waals surface area contributed by atoms with E-state index >= 15 is 0 Å². The normalized spacial score (nSPS) is 16.9. The second kappa shape index (κ2) is 7.16. The van der Waals surface area contributed by atoms with Crippen LogP contribution in [-0.4, -0.2) is 24.4 Å². The van der Waals surface area contributed by atoms with Crippen LogP contribution < -0.4 is 5.32 Å². The lowest BCUT2D eigenvalue weighted by molar-refractivity contribution is -0.117. The number of nitrogens with one attached hydrogen (secondary N) is 1. The van der Waals surface area contributed by atoms with Crippen LogP contribution in [0.15, 0.2) is 48.5 Å². The summed E-state index contributed by atoms with van der Waals surface area (Å²) >= 11 is 6.09. The lowest BCUT2D eigenvalue weighted by atomic mass is 9.87. The van der Waals surface area contributed by atoms with Crippen LogP contribution in [-0.2, 0) is 11.2 Å². The van der Waals surface area contributed by atoms with E-state index in [1.807, 2.05) is 25.2 Å². The summed E-state index contributed by atoms with van der Waals surface area (Å²) in [5.74, 6) is -0.0383. The molecule has 0 unspecified atom stereocenters. The second-order valence-electron chi connectivity index (χ2n) is 6.05. The molecule has 0 spiro atoms. The molecule has 0 aromatic heterocycles. The van der Waals surface area contributed by atoms with Crippen molar-refractivity contribution >= 4 is 23.2 Å². The number of anilines is 1. The van der Waals surface area contributed by atoms with Gasteiger partial charge in [0.15, 0.2) is 0 Å². The number of nitrogens with zero attached hydrogens (tertiary/aromatic N) is 1. The number of amides is 1. The quantitative estimate of drug-likeness (QED) is 0.908. The van der Waals surface area contributed by atoms with E-state index in [1.54, 1.807) is 6.07 Å². The van der Waals surface area contributed by atoms with Crippen LogP contribution in [0.1, 0.15) is 30.0 Å². The molecule has 2 aromatic carbocycles. The number of rotatable bonds is 4. The molecule has 0 aliphatic heterocycles. The Kier molecular flexibility index (Phi) is 4.99. The molecule has 1 amide bonds. The maximum absolute atomic E-state index is 12.3. The summed E-state index contributed by atoms with van der Waals surface area (Å²) in [4.78, 5) is 14.4. The number of fused-ring (bicyclic) bond motifs is 1. The zero-order valence-electron chi connectivity index (χ0n) is 13.3. The predicted molar refractivity (Wildman–Crippen MR) is 94.8 cm³/mol. The van der Waals surface area contributed by atoms with E-state index in [-0.39, 0.29) is 5.91 Å².